The van der Waals surface area contributed by atoms with Gasteiger partial charge in [-0.1, -0.05) is 12.1 Å². The van der Waals surface area contributed by atoms with Gasteiger partial charge in [-0.05, 0) is 19.1 Å². The molecule has 1 amide bonds. The molecule has 0 spiro atoms. The highest BCUT2D eigenvalue weighted by molar-refractivity contribution is 7.18. The van der Waals surface area contributed by atoms with E-state index in [1.807, 2.05) is 24.3 Å². The Balaban J connectivity index is 1.36. The van der Waals surface area contributed by atoms with Gasteiger partial charge in [-0.3, -0.25) is 9.69 Å². The molecule has 0 unspecified atom stereocenters. The molecule has 1 aromatic carbocycles. The second kappa shape index (κ2) is 8.53. The van der Waals surface area contributed by atoms with E-state index < -0.39 is 0 Å². The Morgan fingerprint density at radius 2 is 2.21 bits per heavy atom. The molecule has 2 aromatic rings. The van der Waals surface area contributed by atoms with Gasteiger partial charge in [0.15, 0.2) is 0 Å². The van der Waals surface area contributed by atoms with Crippen molar-refractivity contribution in [1.82, 2.24) is 15.2 Å². The fraction of sp³-hybridized carbons (Fsp3) is 0.529. The number of ether oxygens (including phenoxy) is 2. The largest absolute Gasteiger partial charge is 0.379 e. The predicted octanol–water partition coefficient (Wildman–Crippen LogP) is 1.65. The van der Waals surface area contributed by atoms with Gasteiger partial charge in [0.1, 0.15) is 11.6 Å². The number of para-hydroxylation sites is 1. The number of benzene rings is 1. The van der Waals surface area contributed by atoms with Gasteiger partial charge in [0, 0.05) is 25.7 Å². The molecule has 1 aromatic heterocycles. The SMILES string of the molecule is C[C@H](CNC(=O)COCc1nc2ccccc2s1)N1CCOCC1. The Labute approximate surface area is 145 Å². The van der Waals surface area contributed by atoms with Crippen LogP contribution in [0.1, 0.15) is 11.9 Å². The van der Waals surface area contributed by atoms with E-state index in [1.165, 1.54) is 0 Å². The predicted molar refractivity (Wildman–Crippen MR) is 94.1 cm³/mol. The summed E-state index contributed by atoms with van der Waals surface area (Å²) in [4.78, 5) is 18.7. The lowest BCUT2D eigenvalue weighted by atomic mass is 10.2. The van der Waals surface area contributed by atoms with Crippen LogP contribution >= 0.6 is 11.3 Å². The van der Waals surface area contributed by atoms with Crippen LogP contribution in [0.5, 0.6) is 0 Å². The lowest BCUT2D eigenvalue weighted by molar-refractivity contribution is -0.126. The molecule has 3 rings (SSSR count). The minimum absolute atomic E-state index is 0.0613. The van der Waals surface area contributed by atoms with Crippen molar-refractivity contribution in [2.24, 2.45) is 0 Å². The zero-order chi connectivity index (χ0) is 16.8. The fourth-order valence-electron chi connectivity index (χ4n) is 2.67. The summed E-state index contributed by atoms with van der Waals surface area (Å²) in [7, 11) is 0. The van der Waals surface area contributed by atoms with Crippen molar-refractivity contribution >= 4 is 27.5 Å². The van der Waals surface area contributed by atoms with E-state index in [-0.39, 0.29) is 12.5 Å². The van der Waals surface area contributed by atoms with Crippen molar-refractivity contribution < 1.29 is 14.3 Å². The normalized spacial score (nSPS) is 17.0. The summed E-state index contributed by atoms with van der Waals surface area (Å²) in [6, 6.07) is 8.29. The van der Waals surface area contributed by atoms with Crippen LogP contribution in [-0.4, -0.2) is 61.3 Å². The minimum atomic E-state index is -0.0868. The maximum atomic E-state index is 11.9. The lowest BCUT2D eigenvalue weighted by Crippen LogP contribution is -2.47. The van der Waals surface area contributed by atoms with Gasteiger partial charge in [0.2, 0.25) is 5.91 Å². The molecule has 1 N–H and O–H groups in total. The first kappa shape index (κ1) is 17.3. The third-order valence-corrected chi connectivity index (χ3v) is 5.07. The highest BCUT2D eigenvalue weighted by atomic mass is 32.1. The molecule has 0 radical (unpaired) electrons. The quantitative estimate of drug-likeness (QED) is 0.823. The molecule has 6 nitrogen and oxygen atoms in total. The maximum Gasteiger partial charge on any atom is 0.246 e. The van der Waals surface area contributed by atoms with Crippen LogP contribution in [0.2, 0.25) is 0 Å². The second-order valence-electron chi connectivity index (χ2n) is 5.87. The molecule has 2 heterocycles. The molecule has 130 valence electrons. The summed E-state index contributed by atoms with van der Waals surface area (Å²) in [5, 5.41) is 3.82. The Morgan fingerprint density at radius 1 is 1.42 bits per heavy atom. The molecule has 1 aliphatic rings. The third kappa shape index (κ3) is 4.73. The van der Waals surface area contributed by atoms with E-state index in [1.54, 1.807) is 11.3 Å². The van der Waals surface area contributed by atoms with E-state index in [2.05, 4.69) is 22.1 Å². The van der Waals surface area contributed by atoms with Gasteiger partial charge in [-0.25, -0.2) is 4.98 Å². The van der Waals surface area contributed by atoms with E-state index in [0.29, 0.717) is 19.2 Å². The number of hydrogen-bond acceptors (Lipinski definition) is 6. The number of aromatic nitrogens is 1. The standard InChI is InChI=1S/C17H23N3O3S/c1-13(20-6-8-22-9-7-20)10-18-16(21)11-23-12-17-19-14-4-2-3-5-15(14)24-17/h2-5,13H,6-12H2,1H3,(H,18,21)/t13-/m1/s1. The number of thiazole rings is 1. The highest BCUT2D eigenvalue weighted by Gasteiger charge is 2.17. The summed E-state index contributed by atoms with van der Waals surface area (Å²) < 4.78 is 12.0. The Kier molecular flexibility index (Phi) is 6.14. The Morgan fingerprint density at radius 3 is 3.00 bits per heavy atom. The molecule has 1 aliphatic heterocycles. The summed E-state index contributed by atoms with van der Waals surface area (Å²) in [6.45, 7) is 6.55. The van der Waals surface area contributed by atoms with E-state index in [4.69, 9.17) is 9.47 Å². The van der Waals surface area contributed by atoms with Gasteiger partial charge >= 0.3 is 0 Å². The number of nitrogens with one attached hydrogen (secondary N) is 1. The first-order valence-corrected chi connectivity index (χ1v) is 9.05. The number of rotatable bonds is 7. The van der Waals surface area contributed by atoms with E-state index in [9.17, 15) is 4.79 Å². The van der Waals surface area contributed by atoms with Gasteiger partial charge < -0.3 is 14.8 Å². The monoisotopic (exact) mass is 349 g/mol. The van der Waals surface area contributed by atoms with Crippen molar-refractivity contribution in [1.29, 1.82) is 0 Å². The Hall–Kier alpha value is -1.54. The number of carbonyl (C=O) groups is 1. The second-order valence-corrected chi connectivity index (χ2v) is 6.98. The van der Waals surface area contributed by atoms with Crippen molar-refractivity contribution in [3.05, 3.63) is 29.3 Å². The van der Waals surface area contributed by atoms with Gasteiger partial charge in [0.25, 0.3) is 0 Å². The van der Waals surface area contributed by atoms with Crippen LogP contribution in [0.4, 0.5) is 0 Å². The van der Waals surface area contributed by atoms with Crippen molar-refractivity contribution in [2.75, 3.05) is 39.5 Å². The average molecular weight is 349 g/mol. The zero-order valence-corrected chi connectivity index (χ0v) is 14.7. The number of carbonyl (C=O) groups excluding carboxylic acids is 1. The molecular weight excluding hydrogens is 326 g/mol. The first-order valence-electron chi connectivity index (χ1n) is 8.23. The molecule has 0 bridgehead atoms. The third-order valence-electron chi connectivity index (χ3n) is 4.06. The van der Waals surface area contributed by atoms with Crippen LogP contribution in [0.15, 0.2) is 24.3 Å². The fourth-order valence-corrected chi connectivity index (χ4v) is 3.58. The van der Waals surface area contributed by atoms with Crippen LogP contribution in [0, 0.1) is 0 Å². The number of nitrogens with zero attached hydrogens (tertiary/aromatic N) is 2. The highest BCUT2D eigenvalue weighted by Crippen LogP contribution is 2.21. The molecule has 24 heavy (non-hydrogen) atoms. The summed E-state index contributed by atoms with van der Waals surface area (Å²) >= 11 is 1.60. The summed E-state index contributed by atoms with van der Waals surface area (Å²) in [5.41, 5.74) is 0.977. The van der Waals surface area contributed by atoms with Crippen LogP contribution in [-0.2, 0) is 20.9 Å². The smallest absolute Gasteiger partial charge is 0.246 e. The van der Waals surface area contributed by atoms with Crippen molar-refractivity contribution in [2.45, 2.75) is 19.6 Å². The molecule has 7 heteroatoms. The van der Waals surface area contributed by atoms with Crippen LogP contribution < -0.4 is 5.32 Å². The molecular formula is C17H23N3O3S. The zero-order valence-electron chi connectivity index (χ0n) is 13.9. The molecule has 0 aliphatic carbocycles. The number of morpholine rings is 1. The number of fused-ring (bicyclic) bond motifs is 1. The first-order chi connectivity index (χ1) is 11.7. The lowest BCUT2D eigenvalue weighted by Gasteiger charge is -2.32. The molecule has 0 saturated carbocycles. The average Bonchev–Trinajstić information content (AvgIpc) is 3.03. The van der Waals surface area contributed by atoms with E-state index in [0.717, 1.165) is 41.5 Å². The van der Waals surface area contributed by atoms with Crippen LogP contribution in [0.25, 0.3) is 10.2 Å². The van der Waals surface area contributed by atoms with Gasteiger partial charge in [-0.2, -0.15) is 0 Å². The van der Waals surface area contributed by atoms with E-state index >= 15 is 0 Å². The number of amides is 1. The molecule has 1 fully saturated rings. The molecule has 1 atom stereocenters. The van der Waals surface area contributed by atoms with Gasteiger partial charge in [0.05, 0.1) is 30.0 Å². The van der Waals surface area contributed by atoms with Crippen LogP contribution in [0.3, 0.4) is 0 Å². The Bertz CT molecular complexity index is 637. The summed E-state index contributed by atoms with van der Waals surface area (Å²) in [6.07, 6.45) is 0. The number of hydrogen-bond donors (Lipinski definition) is 1. The molecule has 1 saturated heterocycles. The van der Waals surface area contributed by atoms with Crippen molar-refractivity contribution in [3.8, 4) is 0 Å². The minimum Gasteiger partial charge on any atom is -0.379 e. The van der Waals surface area contributed by atoms with Crippen molar-refractivity contribution in [3.63, 3.8) is 0 Å². The topological polar surface area (TPSA) is 63.7 Å². The van der Waals surface area contributed by atoms with Gasteiger partial charge in [-0.15, -0.1) is 11.3 Å². The summed E-state index contributed by atoms with van der Waals surface area (Å²) in [5.74, 6) is -0.0868. The maximum absolute atomic E-state index is 11.9.